The lowest BCUT2D eigenvalue weighted by Crippen LogP contribution is -2.46. The zero-order chi connectivity index (χ0) is 12.0. The van der Waals surface area contributed by atoms with Gasteiger partial charge in [0.15, 0.2) is 0 Å². The van der Waals surface area contributed by atoms with Crippen LogP contribution in [-0.2, 0) is 9.59 Å². The molecule has 5 heteroatoms. The van der Waals surface area contributed by atoms with Crippen LogP contribution < -0.4 is 5.32 Å². The molecule has 0 aromatic heterocycles. The summed E-state index contributed by atoms with van der Waals surface area (Å²) in [4.78, 5) is 25.4. The molecule has 3 aliphatic rings. The number of nitrogens with zero attached hydrogens (tertiary/aromatic N) is 1. The molecule has 3 saturated heterocycles. The van der Waals surface area contributed by atoms with Crippen molar-refractivity contribution < 1.29 is 14.7 Å². The van der Waals surface area contributed by atoms with Gasteiger partial charge in [0.2, 0.25) is 5.91 Å². The standard InChI is InChI=1S/C12H18N2O3/c15-11(9-2-1-5-13-9)14-7-3-4-10(14)8(6-7)12(16)17/h7-10,13H,1-6H2,(H,16,17). The maximum Gasteiger partial charge on any atom is 0.308 e. The summed E-state index contributed by atoms with van der Waals surface area (Å²) in [5, 5.41) is 12.4. The predicted molar refractivity (Wildman–Crippen MR) is 60.4 cm³/mol. The molecule has 0 spiro atoms. The Morgan fingerprint density at radius 2 is 2.06 bits per heavy atom. The number of carbonyl (C=O) groups is 2. The lowest BCUT2D eigenvalue weighted by molar-refractivity contribution is -0.143. The fourth-order valence-corrected chi connectivity index (χ4v) is 3.67. The van der Waals surface area contributed by atoms with Crippen LogP contribution in [0.5, 0.6) is 0 Å². The van der Waals surface area contributed by atoms with E-state index in [4.69, 9.17) is 5.11 Å². The summed E-state index contributed by atoms with van der Waals surface area (Å²) in [6, 6.07) is 0.0639. The minimum Gasteiger partial charge on any atom is -0.481 e. The highest BCUT2D eigenvalue weighted by Gasteiger charge is 2.52. The number of carbonyl (C=O) groups excluding carboxylic acids is 1. The molecule has 94 valence electrons. The largest absolute Gasteiger partial charge is 0.481 e. The third-order valence-electron chi connectivity index (χ3n) is 4.47. The molecule has 3 aliphatic heterocycles. The third kappa shape index (κ3) is 1.64. The first-order valence-corrected chi connectivity index (χ1v) is 6.47. The number of aliphatic carboxylic acids is 1. The average Bonchev–Trinajstić information content (AvgIpc) is 3.03. The van der Waals surface area contributed by atoms with Gasteiger partial charge in [-0.25, -0.2) is 0 Å². The van der Waals surface area contributed by atoms with Crippen LogP contribution in [0.2, 0.25) is 0 Å². The van der Waals surface area contributed by atoms with Crippen molar-refractivity contribution >= 4 is 11.9 Å². The maximum absolute atomic E-state index is 12.3. The summed E-state index contributed by atoms with van der Waals surface area (Å²) in [5.74, 6) is -0.938. The molecule has 0 aliphatic carbocycles. The molecule has 3 rings (SSSR count). The Labute approximate surface area is 100 Å². The van der Waals surface area contributed by atoms with E-state index >= 15 is 0 Å². The van der Waals surface area contributed by atoms with Gasteiger partial charge >= 0.3 is 5.97 Å². The molecule has 0 saturated carbocycles. The van der Waals surface area contributed by atoms with E-state index in [1.807, 2.05) is 4.90 Å². The zero-order valence-electron chi connectivity index (χ0n) is 9.76. The lowest BCUT2D eigenvalue weighted by Gasteiger charge is -2.26. The fourth-order valence-electron chi connectivity index (χ4n) is 3.67. The third-order valence-corrected chi connectivity index (χ3v) is 4.47. The number of nitrogens with one attached hydrogen (secondary N) is 1. The van der Waals surface area contributed by atoms with E-state index in [0.29, 0.717) is 6.42 Å². The molecule has 0 aromatic rings. The minimum absolute atomic E-state index is 0.0487. The van der Waals surface area contributed by atoms with Crippen LogP contribution >= 0.6 is 0 Å². The van der Waals surface area contributed by atoms with Crippen molar-refractivity contribution in [2.24, 2.45) is 5.92 Å². The first-order valence-electron chi connectivity index (χ1n) is 6.47. The Morgan fingerprint density at radius 3 is 2.65 bits per heavy atom. The molecule has 2 N–H and O–H groups in total. The van der Waals surface area contributed by atoms with Gasteiger partial charge in [0.05, 0.1) is 12.0 Å². The number of carboxylic acid groups (broad SMARTS) is 1. The molecule has 5 nitrogen and oxygen atoms in total. The van der Waals surface area contributed by atoms with Gasteiger partial charge in [0, 0.05) is 12.1 Å². The summed E-state index contributed by atoms with van der Waals surface area (Å²) < 4.78 is 0. The summed E-state index contributed by atoms with van der Waals surface area (Å²) >= 11 is 0. The van der Waals surface area contributed by atoms with Gasteiger partial charge in [0.1, 0.15) is 0 Å². The van der Waals surface area contributed by atoms with E-state index < -0.39 is 5.97 Å². The molecule has 1 amide bonds. The Bertz CT molecular complexity index is 352. The topological polar surface area (TPSA) is 69.6 Å². The van der Waals surface area contributed by atoms with Crippen molar-refractivity contribution in [3.63, 3.8) is 0 Å². The Kier molecular flexibility index (Phi) is 2.58. The van der Waals surface area contributed by atoms with E-state index in [1.54, 1.807) is 0 Å². The quantitative estimate of drug-likeness (QED) is 0.721. The van der Waals surface area contributed by atoms with Crippen molar-refractivity contribution in [3.05, 3.63) is 0 Å². The van der Waals surface area contributed by atoms with E-state index in [9.17, 15) is 9.59 Å². The Hall–Kier alpha value is -1.10. The summed E-state index contributed by atoms with van der Waals surface area (Å²) in [6.07, 6.45) is 4.43. The van der Waals surface area contributed by atoms with E-state index in [1.165, 1.54) is 0 Å². The minimum atomic E-state index is -0.741. The Morgan fingerprint density at radius 1 is 1.24 bits per heavy atom. The molecule has 0 aromatic carbocycles. The van der Waals surface area contributed by atoms with E-state index in [0.717, 1.165) is 32.2 Å². The van der Waals surface area contributed by atoms with Gasteiger partial charge in [-0.05, 0) is 38.6 Å². The highest BCUT2D eigenvalue weighted by molar-refractivity contribution is 5.85. The second-order valence-electron chi connectivity index (χ2n) is 5.37. The summed E-state index contributed by atoms with van der Waals surface area (Å²) in [6.45, 7) is 0.905. The smallest absolute Gasteiger partial charge is 0.308 e. The summed E-state index contributed by atoms with van der Waals surface area (Å²) in [5.41, 5.74) is 0. The lowest BCUT2D eigenvalue weighted by atomic mass is 9.89. The number of fused-ring (bicyclic) bond motifs is 2. The molecule has 0 radical (unpaired) electrons. The van der Waals surface area contributed by atoms with Crippen molar-refractivity contribution in [2.75, 3.05) is 6.54 Å². The van der Waals surface area contributed by atoms with Crippen molar-refractivity contribution in [1.29, 1.82) is 0 Å². The molecule has 2 bridgehead atoms. The SMILES string of the molecule is O=C(O)C1CC2CCC1N2C(=O)C1CCCN1. The van der Waals surface area contributed by atoms with Crippen LogP contribution in [0.15, 0.2) is 0 Å². The second kappa shape index (κ2) is 3.98. The second-order valence-corrected chi connectivity index (χ2v) is 5.37. The highest BCUT2D eigenvalue weighted by atomic mass is 16.4. The molecular weight excluding hydrogens is 220 g/mol. The van der Waals surface area contributed by atoms with Gasteiger partial charge in [0.25, 0.3) is 0 Å². The van der Waals surface area contributed by atoms with Crippen molar-refractivity contribution in [3.8, 4) is 0 Å². The van der Waals surface area contributed by atoms with Crippen LogP contribution in [0.25, 0.3) is 0 Å². The highest BCUT2D eigenvalue weighted by Crippen LogP contribution is 2.42. The van der Waals surface area contributed by atoms with Crippen LogP contribution in [-0.4, -0.2) is 46.6 Å². The first kappa shape index (κ1) is 11.0. The van der Waals surface area contributed by atoms with Crippen LogP contribution in [0, 0.1) is 5.92 Å². The van der Waals surface area contributed by atoms with Gasteiger partial charge < -0.3 is 15.3 Å². The molecule has 4 unspecified atom stereocenters. The van der Waals surface area contributed by atoms with Gasteiger partial charge in [-0.15, -0.1) is 0 Å². The molecule has 17 heavy (non-hydrogen) atoms. The first-order chi connectivity index (χ1) is 8.18. The summed E-state index contributed by atoms with van der Waals surface area (Å²) in [7, 11) is 0. The number of rotatable bonds is 2. The maximum atomic E-state index is 12.3. The number of carboxylic acids is 1. The fraction of sp³-hybridized carbons (Fsp3) is 0.833. The zero-order valence-corrected chi connectivity index (χ0v) is 9.76. The van der Waals surface area contributed by atoms with Gasteiger partial charge in [-0.1, -0.05) is 0 Å². The average molecular weight is 238 g/mol. The molecule has 3 fully saturated rings. The van der Waals surface area contributed by atoms with Crippen LogP contribution in [0.1, 0.15) is 32.1 Å². The van der Waals surface area contributed by atoms with E-state index in [-0.39, 0.29) is 30.0 Å². The number of hydrogen-bond donors (Lipinski definition) is 2. The molecule has 4 atom stereocenters. The van der Waals surface area contributed by atoms with Gasteiger partial charge in [-0.3, -0.25) is 9.59 Å². The Balaban J connectivity index is 1.76. The van der Waals surface area contributed by atoms with Crippen LogP contribution in [0.4, 0.5) is 0 Å². The molecule has 3 heterocycles. The normalized spacial score (nSPS) is 39.9. The van der Waals surface area contributed by atoms with Crippen molar-refractivity contribution in [2.45, 2.75) is 50.2 Å². The van der Waals surface area contributed by atoms with Crippen LogP contribution in [0.3, 0.4) is 0 Å². The predicted octanol–water partition coefficient (Wildman–Crippen LogP) is 0.202. The molecular formula is C12H18N2O3. The monoisotopic (exact) mass is 238 g/mol. The van der Waals surface area contributed by atoms with E-state index in [2.05, 4.69) is 5.32 Å². The number of hydrogen-bond acceptors (Lipinski definition) is 3. The number of amides is 1. The van der Waals surface area contributed by atoms with Crippen molar-refractivity contribution in [1.82, 2.24) is 10.2 Å². The van der Waals surface area contributed by atoms with Gasteiger partial charge in [-0.2, -0.15) is 0 Å².